The number of aromatic nitrogens is 2. The topological polar surface area (TPSA) is 67.2 Å². The molecule has 1 heterocycles. The number of hydroxylamine groups is 1. The summed E-state index contributed by atoms with van der Waals surface area (Å²) in [5.74, 6) is 0.385. The number of carbonyl (C=O) groups excluding carboxylic acids is 1. The highest BCUT2D eigenvalue weighted by atomic mass is 32.2. The molecule has 0 atom stereocenters. The maximum Gasteiger partial charge on any atom is 0.245 e. The van der Waals surface area contributed by atoms with Crippen molar-refractivity contribution in [1.82, 2.24) is 15.0 Å². The van der Waals surface area contributed by atoms with Crippen molar-refractivity contribution in [2.45, 2.75) is 17.9 Å². The van der Waals surface area contributed by atoms with Crippen LogP contribution in [0.2, 0.25) is 0 Å². The molecule has 5 nitrogen and oxygen atoms in total. The molecular formula is C19H19N3O2S. The van der Waals surface area contributed by atoms with Gasteiger partial charge in [0.15, 0.2) is 0 Å². The highest BCUT2D eigenvalue weighted by Crippen LogP contribution is 2.26. The van der Waals surface area contributed by atoms with E-state index in [4.69, 9.17) is 10.2 Å². The number of benzene rings is 2. The summed E-state index contributed by atoms with van der Waals surface area (Å²) < 4.78 is 1.95. The van der Waals surface area contributed by atoms with Gasteiger partial charge in [-0.15, -0.1) is 11.8 Å². The molecule has 2 N–H and O–H groups in total. The Morgan fingerprint density at radius 2 is 1.84 bits per heavy atom. The van der Waals surface area contributed by atoms with Gasteiger partial charge in [-0.2, -0.15) is 0 Å². The molecule has 128 valence electrons. The second-order valence-electron chi connectivity index (χ2n) is 5.52. The Hall–Kier alpha value is -2.57. The van der Waals surface area contributed by atoms with Crippen LogP contribution < -0.4 is 5.48 Å². The minimum absolute atomic E-state index is 0.178. The van der Waals surface area contributed by atoms with Crippen LogP contribution in [0.15, 0.2) is 65.7 Å². The lowest BCUT2D eigenvalue weighted by molar-refractivity contribution is -0.129. The first-order valence-electron chi connectivity index (χ1n) is 7.91. The van der Waals surface area contributed by atoms with E-state index in [-0.39, 0.29) is 6.42 Å². The van der Waals surface area contributed by atoms with Gasteiger partial charge in [0.05, 0.1) is 5.69 Å². The van der Waals surface area contributed by atoms with Gasteiger partial charge >= 0.3 is 0 Å². The largest absolute Gasteiger partial charge is 0.330 e. The normalized spacial score (nSPS) is 10.6. The quantitative estimate of drug-likeness (QED) is 0.401. The molecule has 0 unspecified atom stereocenters. The Labute approximate surface area is 150 Å². The zero-order valence-electron chi connectivity index (χ0n) is 13.8. The van der Waals surface area contributed by atoms with E-state index >= 15 is 0 Å². The molecular weight excluding hydrogens is 334 g/mol. The highest BCUT2D eigenvalue weighted by molar-refractivity contribution is 7.98. The first-order chi connectivity index (χ1) is 12.2. The van der Waals surface area contributed by atoms with Crippen LogP contribution in [0.5, 0.6) is 0 Å². The SMILES string of the molecule is CSc1ccc(-c2nc(-c3ccccc3)cn2CCC(=O)NO)cc1. The lowest BCUT2D eigenvalue weighted by Crippen LogP contribution is -2.20. The van der Waals surface area contributed by atoms with Gasteiger partial charge in [0, 0.05) is 35.2 Å². The van der Waals surface area contributed by atoms with Gasteiger partial charge in [0.25, 0.3) is 0 Å². The molecule has 0 aliphatic heterocycles. The van der Waals surface area contributed by atoms with Crippen LogP contribution in [0.3, 0.4) is 0 Å². The Morgan fingerprint density at radius 3 is 2.48 bits per heavy atom. The summed E-state index contributed by atoms with van der Waals surface area (Å²) in [6.07, 6.45) is 4.16. The van der Waals surface area contributed by atoms with E-state index < -0.39 is 5.91 Å². The molecule has 0 saturated carbocycles. The van der Waals surface area contributed by atoms with E-state index in [1.54, 1.807) is 17.2 Å². The van der Waals surface area contributed by atoms with Gasteiger partial charge in [0.2, 0.25) is 5.91 Å². The minimum Gasteiger partial charge on any atom is -0.330 e. The van der Waals surface area contributed by atoms with Crippen LogP contribution in [0, 0.1) is 0 Å². The van der Waals surface area contributed by atoms with Crippen LogP contribution >= 0.6 is 11.8 Å². The van der Waals surface area contributed by atoms with Crippen LogP contribution in [0.1, 0.15) is 6.42 Å². The molecule has 0 saturated heterocycles. The summed E-state index contributed by atoms with van der Waals surface area (Å²) in [4.78, 5) is 17.4. The molecule has 3 aromatic rings. The second-order valence-corrected chi connectivity index (χ2v) is 6.40. The summed E-state index contributed by atoms with van der Waals surface area (Å²) in [6, 6.07) is 18.1. The Kier molecular flexibility index (Phi) is 5.53. The van der Waals surface area contributed by atoms with Crippen LogP contribution in [-0.4, -0.2) is 26.9 Å². The fourth-order valence-corrected chi connectivity index (χ4v) is 2.99. The maximum absolute atomic E-state index is 11.4. The Bertz CT molecular complexity index is 845. The van der Waals surface area contributed by atoms with Crippen molar-refractivity contribution in [3.05, 3.63) is 60.8 Å². The molecule has 0 radical (unpaired) electrons. The summed E-state index contributed by atoms with van der Waals surface area (Å²) in [7, 11) is 0. The van der Waals surface area contributed by atoms with E-state index in [9.17, 15) is 4.79 Å². The maximum atomic E-state index is 11.4. The molecule has 0 aliphatic carbocycles. The Morgan fingerprint density at radius 1 is 1.12 bits per heavy atom. The van der Waals surface area contributed by atoms with Crippen molar-refractivity contribution in [2.24, 2.45) is 0 Å². The number of thioether (sulfide) groups is 1. The third-order valence-electron chi connectivity index (χ3n) is 3.90. The van der Waals surface area contributed by atoms with Gasteiger partial charge in [-0.25, -0.2) is 10.5 Å². The molecule has 0 bridgehead atoms. The number of rotatable bonds is 6. The smallest absolute Gasteiger partial charge is 0.245 e. The summed E-state index contributed by atoms with van der Waals surface area (Å²) in [5, 5.41) is 8.71. The average molecular weight is 353 g/mol. The van der Waals surface area contributed by atoms with Gasteiger partial charge in [0.1, 0.15) is 5.82 Å². The fourth-order valence-electron chi connectivity index (χ4n) is 2.58. The predicted octanol–water partition coefficient (Wildman–Crippen LogP) is 3.83. The highest BCUT2D eigenvalue weighted by Gasteiger charge is 2.13. The van der Waals surface area contributed by atoms with Crippen LogP contribution in [-0.2, 0) is 11.3 Å². The number of imidazole rings is 1. The van der Waals surface area contributed by atoms with Gasteiger partial charge < -0.3 is 4.57 Å². The van der Waals surface area contributed by atoms with Gasteiger partial charge in [-0.3, -0.25) is 10.0 Å². The zero-order chi connectivity index (χ0) is 17.6. The number of aryl methyl sites for hydroxylation is 1. The van der Waals surface area contributed by atoms with Crippen molar-refractivity contribution >= 4 is 17.7 Å². The van der Waals surface area contributed by atoms with Crippen molar-refractivity contribution in [3.63, 3.8) is 0 Å². The van der Waals surface area contributed by atoms with E-state index in [0.29, 0.717) is 6.54 Å². The number of nitrogens with one attached hydrogen (secondary N) is 1. The standard InChI is InChI=1S/C19H19N3O2S/c1-25-16-9-7-15(8-10-16)19-20-17(14-5-3-2-4-6-14)13-22(19)12-11-18(23)21-24/h2-10,13,24H,11-12H2,1H3,(H,21,23). The molecule has 0 spiro atoms. The molecule has 1 aromatic heterocycles. The molecule has 0 aliphatic rings. The van der Waals surface area contributed by atoms with Crippen molar-refractivity contribution in [1.29, 1.82) is 0 Å². The molecule has 6 heteroatoms. The third-order valence-corrected chi connectivity index (χ3v) is 4.64. The minimum atomic E-state index is -0.418. The predicted molar refractivity (Wildman–Crippen MR) is 99.4 cm³/mol. The lowest BCUT2D eigenvalue weighted by atomic mass is 10.2. The third kappa shape index (κ3) is 4.10. The molecule has 25 heavy (non-hydrogen) atoms. The van der Waals surface area contributed by atoms with Crippen LogP contribution in [0.4, 0.5) is 0 Å². The number of nitrogens with zero attached hydrogens (tertiary/aromatic N) is 2. The average Bonchev–Trinajstić information content (AvgIpc) is 3.11. The van der Waals surface area contributed by atoms with Crippen LogP contribution in [0.25, 0.3) is 22.6 Å². The van der Waals surface area contributed by atoms with E-state index in [0.717, 1.165) is 22.6 Å². The van der Waals surface area contributed by atoms with Gasteiger partial charge in [-0.05, 0) is 18.4 Å². The monoisotopic (exact) mass is 353 g/mol. The molecule has 3 rings (SSSR count). The molecule has 0 fully saturated rings. The summed E-state index contributed by atoms with van der Waals surface area (Å²) in [6.45, 7) is 0.436. The summed E-state index contributed by atoms with van der Waals surface area (Å²) >= 11 is 1.69. The van der Waals surface area contributed by atoms with Crippen molar-refractivity contribution in [3.8, 4) is 22.6 Å². The van der Waals surface area contributed by atoms with Gasteiger partial charge in [-0.1, -0.05) is 42.5 Å². The first-order valence-corrected chi connectivity index (χ1v) is 9.13. The number of hydrogen-bond acceptors (Lipinski definition) is 4. The number of carbonyl (C=O) groups is 1. The number of hydrogen-bond donors (Lipinski definition) is 2. The summed E-state index contributed by atoms with van der Waals surface area (Å²) in [5.41, 5.74) is 4.54. The zero-order valence-corrected chi connectivity index (χ0v) is 14.7. The first kappa shape index (κ1) is 17.3. The van der Waals surface area contributed by atoms with E-state index in [1.165, 1.54) is 4.90 Å². The fraction of sp³-hybridized carbons (Fsp3) is 0.158. The number of amides is 1. The van der Waals surface area contributed by atoms with Crippen molar-refractivity contribution in [2.75, 3.05) is 6.26 Å². The van der Waals surface area contributed by atoms with Crippen molar-refractivity contribution < 1.29 is 10.0 Å². The lowest BCUT2D eigenvalue weighted by Gasteiger charge is -2.07. The Balaban J connectivity index is 1.98. The molecule has 2 aromatic carbocycles. The molecule has 1 amide bonds. The van der Waals surface area contributed by atoms with E-state index in [2.05, 4.69) is 12.1 Å². The van der Waals surface area contributed by atoms with E-state index in [1.807, 2.05) is 59.5 Å². The second kappa shape index (κ2) is 8.00.